The molecule has 0 aliphatic carbocycles. The minimum atomic E-state index is -4.11. The van der Waals surface area contributed by atoms with E-state index in [1.165, 1.54) is 19.9 Å². The van der Waals surface area contributed by atoms with Crippen LogP contribution in [0.25, 0.3) is 0 Å². The molecular formula is C17H19N3O8S. The van der Waals surface area contributed by atoms with Crippen LogP contribution in [0.4, 0.5) is 0 Å². The van der Waals surface area contributed by atoms with E-state index in [-0.39, 0.29) is 34.6 Å². The second kappa shape index (κ2) is 6.44. The van der Waals surface area contributed by atoms with Gasteiger partial charge in [0.15, 0.2) is 15.9 Å². The highest BCUT2D eigenvalue weighted by Crippen LogP contribution is 2.45. The van der Waals surface area contributed by atoms with Crippen molar-refractivity contribution in [2.45, 2.75) is 43.4 Å². The predicted octanol–water partition coefficient (Wildman–Crippen LogP) is -0.371. The summed E-state index contributed by atoms with van der Waals surface area (Å²) in [5, 5.41) is 31.8. The number of hydrazone groups is 1. The number of β-lactam (4-membered cyclic amide) rings is 1. The zero-order valence-corrected chi connectivity index (χ0v) is 16.5. The van der Waals surface area contributed by atoms with Crippen molar-refractivity contribution in [2.24, 2.45) is 5.10 Å². The second-order valence-electron chi connectivity index (χ2n) is 7.19. The van der Waals surface area contributed by atoms with Crippen molar-refractivity contribution in [3.8, 4) is 11.5 Å². The number of aliphatic carboxylic acids is 1. The number of carbonyl (C=O) groups is 3. The van der Waals surface area contributed by atoms with Gasteiger partial charge in [-0.1, -0.05) is 0 Å². The van der Waals surface area contributed by atoms with Gasteiger partial charge in [-0.3, -0.25) is 9.59 Å². The molecule has 156 valence electrons. The van der Waals surface area contributed by atoms with Gasteiger partial charge >= 0.3 is 5.97 Å². The summed E-state index contributed by atoms with van der Waals surface area (Å²) in [6, 6.07) is -0.409. The van der Waals surface area contributed by atoms with Gasteiger partial charge in [0.05, 0.1) is 12.0 Å². The summed E-state index contributed by atoms with van der Waals surface area (Å²) in [6.07, 6.45) is 0.462. The molecule has 2 fully saturated rings. The molecule has 1 aromatic carbocycles. The monoisotopic (exact) mass is 425 g/mol. The van der Waals surface area contributed by atoms with E-state index in [1.807, 2.05) is 5.43 Å². The van der Waals surface area contributed by atoms with Gasteiger partial charge in [-0.25, -0.2) is 18.6 Å². The zero-order valence-electron chi connectivity index (χ0n) is 15.7. The normalized spacial score (nSPS) is 27.6. The summed E-state index contributed by atoms with van der Waals surface area (Å²) in [5.41, 5.74) is 2.11. The average molecular weight is 425 g/mol. The first-order valence-corrected chi connectivity index (χ1v) is 10.0. The number of nitrogens with one attached hydrogen (secondary N) is 1. The summed E-state index contributed by atoms with van der Waals surface area (Å²) in [6.45, 7) is 3.98. The highest BCUT2D eigenvalue weighted by molar-refractivity contribution is 7.94. The van der Waals surface area contributed by atoms with E-state index < -0.39 is 43.8 Å². The lowest BCUT2D eigenvalue weighted by Gasteiger charge is -2.35. The number of rotatable bonds is 4. The van der Waals surface area contributed by atoms with E-state index in [9.17, 15) is 38.1 Å². The van der Waals surface area contributed by atoms with Crippen LogP contribution in [0.5, 0.6) is 11.5 Å². The van der Waals surface area contributed by atoms with Gasteiger partial charge in [-0.15, -0.1) is 0 Å². The number of aromatic hydroxyl groups is 2. The number of amides is 2. The Morgan fingerprint density at radius 3 is 2.52 bits per heavy atom. The molecule has 1 aromatic rings. The van der Waals surface area contributed by atoms with Crippen LogP contribution in [0, 0.1) is 13.8 Å². The minimum absolute atomic E-state index is 0.0821. The number of carboxylic acids is 1. The number of carboxylic acid groups (broad SMARTS) is 1. The van der Waals surface area contributed by atoms with Crippen LogP contribution in [-0.2, 0) is 19.4 Å². The van der Waals surface area contributed by atoms with Crippen LogP contribution >= 0.6 is 0 Å². The van der Waals surface area contributed by atoms with Gasteiger partial charge in [0.2, 0.25) is 5.91 Å². The maximum absolute atomic E-state index is 12.7. The molecular weight excluding hydrogens is 406 g/mol. The molecule has 3 rings (SSSR count). The number of benzene rings is 1. The molecule has 2 aliphatic heterocycles. The van der Waals surface area contributed by atoms with Crippen molar-refractivity contribution in [1.82, 2.24) is 10.3 Å². The van der Waals surface area contributed by atoms with Crippen molar-refractivity contribution in [3.05, 3.63) is 22.8 Å². The molecule has 0 bridgehead atoms. The Morgan fingerprint density at radius 1 is 1.34 bits per heavy atom. The minimum Gasteiger partial charge on any atom is -0.508 e. The zero-order chi connectivity index (χ0) is 21.9. The Bertz CT molecular complexity index is 1050. The third-order valence-electron chi connectivity index (χ3n) is 5.41. The second-order valence-corrected chi connectivity index (χ2v) is 9.70. The fourth-order valence-corrected chi connectivity index (χ4v) is 5.85. The average Bonchev–Trinajstić information content (AvgIpc) is 2.75. The van der Waals surface area contributed by atoms with Crippen LogP contribution < -0.4 is 5.43 Å². The molecule has 0 spiro atoms. The van der Waals surface area contributed by atoms with Gasteiger partial charge in [-0.2, -0.15) is 5.10 Å². The number of fused-ring (bicyclic) bond motifs is 1. The van der Waals surface area contributed by atoms with Gasteiger partial charge in [0.25, 0.3) is 5.91 Å². The molecule has 11 nitrogen and oxygen atoms in total. The molecule has 2 aliphatic rings. The van der Waals surface area contributed by atoms with Crippen LogP contribution in [-0.4, -0.2) is 68.8 Å². The molecule has 0 radical (unpaired) electrons. The standard InChI is InChI=1S/C17H19N3O8S/c1-7-4-9(21)8(2)12(13(7)23)15(24)19-18-6-17(3)14(16(25)26)20-10(22)5-11(20)29(17,27)28/h4,6,11,14,21,23H,5H2,1-3H3,(H,19,24)(H,25,26)/b18-6+/t11-,14+,17+/m1/s1. The molecule has 12 heteroatoms. The maximum atomic E-state index is 12.7. The quantitative estimate of drug-likeness (QED) is 0.219. The highest BCUT2D eigenvalue weighted by atomic mass is 32.2. The van der Waals surface area contributed by atoms with E-state index in [1.54, 1.807) is 0 Å². The number of sulfone groups is 1. The Kier molecular flexibility index (Phi) is 4.57. The summed E-state index contributed by atoms with van der Waals surface area (Å²) in [4.78, 5) is 36.6. The van der Waals surface area contributed by atoms with Gasteiger partial charge in [0, 0.05) is 11.8 Å². The largest absolute Gasteiger partial charge is 0.508 e. The van der Waals surface area contributed by atoms with E-state index in [4.69, 9.17) is 0 Å². The third-order valence-corrected chi connectivity index (χ3v) is 8.08. The smallest absolute Gasteiger partial charge is 0.328 e. The first-order chi connectivity index (χ1) is 13.3. The number of nitrogens with zero attached hydrogens (tertiary/aromatic N) is 2. The fraction of sp³-hybridized carbons (Fsp3) is 0.412. The maximum Gasteiger partial charge on any atom is 0.328 e. The van der Waals surface area contributed by atoms with E-state index in [2.05, 4.69) is 5.10 Å². The van der Waals surface area contributed by atoms with Gasteiger partial charge in [0.1, 0.15) is 21.6 Å². The number of aryl methyl sites for hydroxylation is 1. The summed E-state index contributed by atoms with van der Waals surface area (Å²) < 4.78 is 23.4. The SMILES string of the molecule is Cc1cc(O)c(C)c(C(=O)N/N=C/[C@@]2(C)[C@H](C(=O)O)N3C(=O)C[C@H]3S2(=O)=O)c1O. The molecule has 0 unspecified atom stereocenters. The third kappa shape index (κ3) is 2.74. The molecule has 0 aromatic heterocycles. The Hall–Kier alpha value is -3.15. The van der Waals surface area contributed by atoms with Crippen LogP contribution in [0.2, 0.25) is 0 Å². The van der Waals surface area contributed by atoms with Crippen LogP contribution in [0.3, 0.4) is 0 Å². The number of hydrogen-bond acceptors (Lipinski definition) is 8. The van der Waals surface area contributed by atoms with Crippen molar-refractivity contribution in [3.63, 3.8) is 0 Å². The predicted molar refractivity (Wildman–Crippen MR) is 99.2 cm³/mol. The van der Waals surface area contributed by atoms with Crippen molar-refractivity contribution >= 4 is 33.8 Å². The van der Waals surface area contributed by atoms with Crippen molar-refractivity contribution in [2.75, 3.05) is 0 Å². The molecule has 3 atom stereocenters. The van der Waals surface area contributed by atoms with Crippen LogP contribution in [0.15, 0.2) is 11.2 Å². The summed E-state index contributed by atoms with van der Waals surface area (Å²) in [5.74, 6) is -3.65. The number of phenols is 2. The Labute approximate surface area is 165 Å². The van der Waals surface area contributed by atoms with Crippen LogP contribution in [0.1, 0.15) is 34.8 Å². The number of hydrogen-bond donors (Lipinski definition) is 4. The lowest BCUT2D eigenvalue weighted by atomic mass is 9.97. The Morgan fingerprint density at radius 2 is 1.97 bits per heavy atom. The van der Waals surface area contributed by atoms with Gasteiger partial charge < -0.3 is 20.2 Å². The molecule has 4 N–H and O–H groups in total. The number of carbonyl (C=O) groups excluding carboxylic acids is 2. The summed E-state index contributed by atoms with van der Waals surface area (Å²) >= 11 is 0. The van der Waals surface area contributed by atoms with Gasteiger partial charge in [-0.05, 0) is 32.4 Å². The van der Waals surface area contributed by atoms with E-state index in [0.717, 1.165) is 18.0 Å². The van der Waals surface area contributed by atoms with E-state index >= 15 is 0 Å². The topological polar surface area (TPSA) is 174 Å². The summed E-state index contributed by atoms with van der Waals surface area (Å²) in [7, 11) is -4.11. The number of phenolic OH excluding ortho intramolecular Hbond substituents is 2. The lowest BCUT2D eigenvalue weighted by Crippen LogP contribution is -2.57. The Balaban J connectivity index is 1.93. The fourth-order valence-electron chi connectivity index (χ4n) is 3.64. The molecule has 2 heterocycles. The van der Waals surface area contributed by atoms with E-state index in [0.29, 0.717) is 0 Å². The lowest BCUT2D eigenvalue weighted by molar-refractivity contribution is -0.156. The molecule has 0 saturated carbocycles. The first-order valence-electron chi connectivity index (χ1n) is 8.48. The molecule has 2 amide bonds. The highest BCUT2D eigenvalue weighted by Gasteiger charge is 2.69. The van der Waals surface area contributed by atoms with Crippen molar-refractivity contribution in [1.29, 1.82) is 0 Å². The molecule has 29 heavy (non-hydrogen) atoms. The first kappa shape index (κ1) is 20.6. The molecule has 2 saturated heterocycles. The van der Waals surface area contributed by atoms with Crippen molar-refractivity contribution < 1.29 is 38.1 Å².